The topological polar surface area (TPSA) is 74.7 Å². The number of benzene rings is 1. The van der Waals surface area contributed by atoms with Gasteiger partial charge in [-0.05, 0) is 19.1 Å². The van der Waals surface area contributed by atoms with Crippen LogP contribution in [0.2, 0.25) is 10.0 Å². The maximum absolute atomic E-state index is 12.0. The molecule has 94 valence electrons. The largest absolute Gasteiger partial charge is 0.480 e. The van der Waals surface area contributed by atoms with Crippen molar-refractivity contribution in [2.75, 3.05) is 0 Å². The van der Waals surface area contributed by atoms with Gasteiger partial charge in [-0.25, -0.2) is 4.79 Å². The molecule has 0 fully saturated rings. The maximum Gasteiger partial charge on any atom is 0.326 e. The summed E-state index contributed by atoms with van der Waals surface area (Å²) in [5, 5.41) is 9.15. The molecule has 1 aliphatic heterocycles. The quantitative estimate of drug-likeness (QED) is 0.845. The Kier molecular flexibility index (Phi) is 3.04. The Morgan fingerprint density at radius 2 is 1.56 bits per heavy atom. The minimum absolute atomic E-state index is 0.0718. The van der Waals surface area contributed by atoms with Crippen molar-refractivity contribution in [3.8, 4) is 0 Å². The van der Waals surface area contributed by atoms with E-state index < -0.39 is 23.8 Å². The standard InChI is InChI=1S/C11H7Cl2NO4/c1-4(11(17)18)14-9(15)5-2-7(12)8(13)3-6(5)10(14)16/h2-4H,1H3,(H,17,18). The zero-order valence-corrected chi connectivity index (χ0v) is 10.6. The Morgan fingerprint density at radius 3 is 1.89 bits per heavy atom. The van der Waals surface area contributed by atoms with E-state index in [2.05, 4.69) is 0 Å². The number of amides is 2. The average molecular weight is 288 g/mol. The third-order valence-corrected chi connectivity index (χ3v) is 3.43. The van der Waals surface area contributed by atoms with Gasteiger partial charge in [0.1, 0.15) is 6.04 Å². The molecule has 1 unspecified atom stereocenters. The van der Waals surface area contributed by atoms with Gasteiger partial charge in [0.25, 0.3) is 11.8 Å². The zero-order valence-electron chi connectivity index (χ0n) is 9.11. The van der Waals surface area contributed by atoms with Crippen LogP contribution in [0, 0.1) is 0 Å². The summed E-state index contributed by atoms with van der Waals surface area (Å²) in [4.78, 5) is 35.5. The lowest BCUT2D eigenvalue weighted by Gasteiger charge is -2.17. The minimum atomic E-state index is -1.26. The number of carboxylic acids is 1. The van der Waals surface area contributed by atoms with E-state index in [0.717, 1.165) is 0 Å². The van der Waals surface area contributed by atoms with Gasteiger partial charge >= 0.3 is 5.97 Å². The highest BCUT2D eigenvalue weighted by molar-refractivity contribution is 6.43. The van der Waals surface area contributed by atoms with Gasteiger partial charge in [-0.3, -0.25) is 14.5 Å². The van der Waals surface area contributed by atoms with E-state index in [4.69, 9.17) is 28.3 Å². The van der Waals surface area contributed by atoms with E-state index in [0.29, 0.717) is 4.90 Å². The lowest BCUT2D eigenvalue weighted by molar-refractivity contribution is -0.140. The lowest BCUT2D eigenvalue weighted by atomic mass is 10.1. The summed E-state index contributed by atoms with van der Waals surface area (Å²) in [5.74, 6) is -2.62. The smallest absolute Gasteiger partial charge is 0.326 e. The molecule has 1 aromatic rings. The van der Waals surface area contributed by atoms with Gasteiger partial charge in [0.2, 0.25) is 0 Å². The van der Waals surface area contributed by atoms with Crippen LogP contribution >= 0.6 is 23.2 Å². The van der Waals surface area contributed by atoms with Crippen LogP contribution in [0.15, 0.2) is 12.1 Å². The highest BCUT2D eigenvalue weighted by Gasteiger charge is 2.41. The van der Waals surface area contributed by atoms with Crippen molar-refractivity contribution in [1.82, 2.24) is 4.90 Å². The summed E-state index contributed by atoms with van der Waals surface area (Å²) in [6.45, 7) is 1.26. The first-order valence-electron chi connectivity index (χ1n) is 4.94. The van der Waals surface area contributed by atoms with E-state index in [1.54, 1.807) is 0 Å². The van der Waals surface area contributed by atoms with Gasteiger partial charge < -0.3 is 5.11 Å². The zero-order chi connectivity index (χ0) is 13.6. The van der Waals surface area contributed by atoms with Crippen molar-refractivity contribution in [2.24, 2.45) is 0 Å². The number of hydrogen-bond acceptors (Lipinski definition) is 3. The van der Waals surface area contributed by atoms with E-state index in [1.807, 2.05) is 0 Å². The molecule has 1 atom stereocenters. The van der Waals surface area contributed by atoms with Crippen LogP contribution < -0.4 is 0 Å². The molecule has 5 nitrogen and oxygen atoms in total. The van der Waals surface area contributed by atoms with Gasteiger partial charge in [0, 0.05) is 0 Å². The molecule has 1 N–H and O–H groups in total. The molecule has 7 heteroatoms. The number of hydrogen-bond donors (Lipinski definition) is 1. The Balaban J connectivity index is 2.54. The molecule has 2 amide bonds. The second kappa shape index (κ2) is 4.26. The fraction of sp³-hybridized carbons (Fsp3) is 0.182. The van der Waals surface area contributed by atoms with Gasteiger partial charge in [-0.1, -0.05) is 23.2 Å². The maximum atomic E-state index is 12.0. The average Bonchev–Trinajstić information content (AvgIpc) is 2.52. The molecule has 0 radical (unpaired) electrons. The number of aliphatic carboxylic acids is 1. The van der Waals surface area contributed by atoms with Gasteiger partial charge in [0.05, 0.1) is 21.2 Å². The highest BCUT2D eigenvalue weighted by atomic mass is 35.5. The first-order valence-corrected chi connectivity index (χ1v) is 5.70. The van der Waals surface area contributed by atoms with Crippen molar-refractivity contribution in [1.29, 1.82) is 0 Å². The summed E-state index contributed by atoms with van der Waals surface area (Å²) >= 11 is 11.5. The Hall–Kier alpha value is -1.59. The number of fused-ring (bicyclic) bond motifs is 1. The third kappa shape index (κ3) is 1.76. The summed E-state index contributed by atoms with van der Waals surface area (Å²) in [6.07, 6.45) is 0. The fourth-order valence-electron chi connectivity index (χ4n) is 1.71. The summed E-state index contributed by atoms with van der Waals surface area (Å²) in [6, 6.07) is 1.30. The van der Waals surface area contributed by atoms with Gasteiger partial charge in [-0.15, -0.1) is 0 Å². The first-order chi connectivity index (χ1) is 8.34. The second-order valence-corrected chi connectivity index (χ2v) is 4.62. The summed E-state index contributed by atoms with van der Waals surface area (Å²) < 4.78 is 0. The van der Waals surface area contributed by atoms with Crippen LogP contribution in [-0.2, 0) is 4.79 Å². The van der Waals surface area contributed by atoms with Crippen molar-refractivity contribution in [2.45, 2.75) is 13.0 Å². The van der Waals surface area contributed by atoms with Crippen molar-refractivity contribution >= 4 is 41.0 Å². The van der Waals surface area contributed by atoms with Crippen molar-refractivity contribution in [3.05, 3.63) is 33.3 Å². The molecular formula is C11H7Cl2NO4. The molecule has 0 saturated heterocycles. The number of rotatable bonds is 2. The fourth-order valence-corrected chi connectivity index (χ4v) is 2.04. The monoisotopic (exact) mass is 287 g/mol. The normalized spacial score (nSPS) is 15.8. The number of carboxylic acid groups (broad SMARTS) is 1. The van der Waals surface area contributed by atoms with Crippen molar-refractivity contribution < 1.29 is 19.5 Å². The molecule has 0 aliphatic carbocycles. The predicted molar refractivity (Wildman–Crippen MR) is 64.1 cm³/mol. The molecule has 1 heterocycles. The van der Waals surface area contributed by atoms with Gasteiger partial charge in [0.15, 0.2) is 0 Å². The molecule has 0 aromatic heterocycles. The SMILES string of the molecule is CC(C(=O)O)N1C(=O)c2cc(Cl)c(Cl)cc2C1=O. The van der Waals surface area contributed by atoms with Gasteiger partial charge in [-0.2, -0.15) is 0 Å². The highest BCUT2D eigenvalue weighted by Crippen LogP contribution is 2.32. The molecule has 18 heavy (non-hydrogen) atoms. The number of halogens is 2. The van der Waals surface area contributed by atoms with Crippen LogP contribution in [0.4, 0.5) is 0 Å². The molecule has 0 saturated carbocycles. The molecular weight excluding hydrogens is 281 g/mol. The molecule has 0 spiro atoms. The van der Waals surface area contributed by atoms with Crippen LogP contribution in [-0.4, -0.2) is 33.8 Å². The lowest BCUT2D eigenvalue weighted by Crippen LogP contribution is -2.42. The van der Waals surface area contributed by atoms with Crippen LogP contribution in [0.1, 0.15) is 27.6 Å². The van der Waals surface area contributed by atoms with Crippen LogP contribution in [0.3, 0.4) is 0 Å². The Labute approximate surface area is 112 Å². The van der Waals surface area contributed by atoms with Crippen LogP contribution in [0.25, 0.3) is 0 Å². The molecule has 1 aliphatic rings. The Morgan fingerprint density at radius 1 is 1.17 bits per heavy atom. The van der Waals surface area contributed by atoms with E-state index in [1.165, 1.54) is 19.1 Å². The molecule has 1 aromatic carbocycles. The second-order valence-electron chi connectivity index (χ2n) is 3.81. The molecule has 0 bridgehead atoms. The van der Waals surface area contributed by atoms with Crippen LogP contribution in [0.5, 0.6) is 0 Å². The third-order valence-electron chi connectivity index (χ3n) is 2.70. The van der Waals surface area contributed by atoms with E-state index in [9.17, 15) is 14.4 Å². The minimum Gasteiger partial charge on any atom is -0.480 e. The summed E-state index contributed by atoms with van der Waals surface area (Å²) in [7, 11) is 0. The van der Waals surface area contributed by atoms with E-state index >= 15 is 0 Å². The number of nitrogens with zero attached hydrogens (tertiary/aromatic N) is 1. The molecule has 2 rings (SSSR count). The van der Waals surface area contributed by atoms with Crippen molar-refractivity contribution in [3.63, 3.8) is 0 Å². The summed E-state index contributed by atoms with van der Waals surface area (Å²) in [5.41, 5.74) is 0.144. The van der Waals surface area contributed by atoms with E-state index in [-0.39, 0.29) is 21.2 Å². The Bertz CT molecular complexity index is 544. The first kappa shape index (κ1) is 12.9. The number of imide groups is 1. The predicted octanol–water partition coefficient (Wildman–Crippen LogP) is 2.06. The number of carbonyl (C=O) groups is 3. The number of carbonyl (C=O) groups excluding carboxylic acids is 2.